The van der Waals surface area contributed by atoms with Gasteiger partial charge in [-0.05, 0) is 28.2 Å². The van der Waals surface area contributed by atoms with Gasteiger partial charge >= 0.3 is 0 Å². The summed E-state index contributed by atoms with van der Waals surface area (Å²) in [7, 11) is 7.68. The van der Waals surface area contributed by atoms with E-state index in [-0.39, 0.29) is 11.5 Å². The van der Waals surface area contributed by atoms with Crippen molar-refractivity contribution in [1.29, 1.82) is 0 Å². The third-order valence-electron chi connectivity index (χ3n) is 2.29. The Balaban J connectivity index is 2.98. The lowest BCUT2D eigenvalue weighted by Gasteiger charge is -2.16. The molecule has 0 saturated heterocycles. The summed E-state index contributed by atoms with van der Waals surface area (Å²) in [6.07, 6.45) is 0. The smallest absolute Gasteiger partial charge is 0.162 e. The average molecular weight is 224 g/mol. The van der Waals surface area contributed by atoms with Crippen molar-refractivity contribution in [3.63, 3.8) is 0 Å². The van der Waals surface area contributed by atoms with E-state index in [0.717, 1.165) is 11.1 Å². The first-order valence-corrected chi connectivity index (χ1v) is 5.24. The predicted molar refractivity (Wildman–Crippen MR) is 64.6 cm³/mol. The molecule has 90 valence electrons. The molecule has 0 radical (unpaired) electrons. The molecule has 16 heavy (non-hydrogen) atoms. The van der Waals surface area contributed by atoms with Gasteiger partial charge in [-0.25, -0.2) is 0 Å². The molecule has 0 aliphatic carbocycles. The summed E-state index contributed by atoms with van der Waals surface area (Å²) >= 11 is 0. The summed E-state index contributed by atoms with van der Waals surface area (Å²) in [6, 6.07) is 3.71. The molecule has 2 N–H and O–H groups in total. The highest BCUT2D eigenvalue weighted by Gasteiger charge is 2.12. The van der Waals surface area contributed by atoms with Crippen molar-refractivity contribution in [2.24, 2.45) is 0 Å². The van der Waals surface area contributed by atoms with Crippen LogP contribution >= 0.6 is 0 Å². The van der Waals surface area contributed by atoms with Gasteiger partial charge in [-0.1, -0.05) is 12.1 Å². The maximum absolute atomic E-state index is 9.84. The molecule has 0 aliphatic heterocycles. The number of aromatic hydroxyl groups is 2. The van der Waals surface area contributed by atoms with Gasteiger partial charge in [0.2, 0.25) is 0 Å². The standard InChI is InChI=1S/C12H20N2O2/c1-13(2)7-9-5-6-10(8-14(3)4)12(16)11(9)15/h5-6,15-16H,7-8H2,1-4H3. The van der Waals surface area contributed by atoms with Crippen LogP contribution in [0.2, 0.25) is 0 Å². The normalized spacial score (nSPS) is 11.4. The molecule has 0 unspecified atom stereocenters. The van der Waals surface area contributed by atoms with E-state index in [4.69, 9.17) is 0 Å². The zero-order valence-corrected chi connectivity index (χ0v) is 10.4. The zero-order valence-electron chi connectivity index (χ0n) is 10.4. The first-order chi connectivity index (χ1) is 7.41. The number of hydrogen-bond acceptors (Lipinski definition) is 4. The first-order valence-electron chi connectivity index (χ1n) is 5.24. The molecular formula is C12H20N2O2. The lowest BCUT2D eigenvalue weighted by atomic mass is 10.1. The van der Waals surface area contributed by atoms with E-state index in [1.807, 2.05) is 50.1 Å². The number of benzene rings is 1. The van der Waals surface area contributed by atoms with Crippen LogP contribution in [0.5, 0.6) is 11.5 Å². The van der Waals surface area contributed by atoms with Gasteiger partial charge in [0.1, 0.15) is 0 Å². The van der Waals surface area contributed by atoms with Crippen LogP contribution in [0.3, 0.4) is 0 Å². The average Bonchev–Trinajstić information content (AvgIpc) is 2.16. The second kappa shape index (κ2) is 5.18. The van der Waals surface area contributed by atoms with E-state index in [2.05, 4.69) is 0 Å². The van der Waals surface area contributed by atoms with E-state index >= 15 is 0 Å². The fraction of sp³-hybridized carbons (Fsp3) is 0.500. The van der Waals surface area contributed by atoms with Crippen LogP contribution in [-0.2, 0) is 13.1 Å². The maximum atomic E-state index is 9.84. The lowest BCUT2D eigenvalue weighted by molar-refractivity contribution is 0.354. The summed E-state index contributed by atoms with van der Waals surface area (Å²) in [5.41, 5.74) is 1.48. The molecular weight excluding hydrogens is 204 g/mol. The minimum absolute atomic E-state index is 0.00644. The second-order valence-corrected chi connectivity index (χ2v) is 4.56. The Labute approximate surface area is 96.7 Å². The van der Waals surface area contributed by atoms with Gasteiger partial charge in [-0.15, -0.1) is 0 Å². The molecule has 0 aliphatic rings. The van der Waals surface area contributed by atoms with Crippen LogP contribution in [0.4, 0.5) is 0 Å². The van der Waals surface area contributed by atoms with Crippen molar-refractivity contribution in [2.75, 3.05) is 28.2 Å². The van der Waals surface area contributed by atoms with Crippen molar-refractivity contribution < 1.29 is 10.2 Å². The number of rotatable bonds is 4. The fourth-order valence-corrected chi connectivity index (χ4v) is 1.60. The van der Waals surface area contributed by atoms with Gasteiger partial charge in [0, 0.05) is 24.2 Å². The Morgan fingerprint density at radius 1 is 0.812 bits per heavy atom. The van der Waals surface area contributed by atoms with Gasteiger partial charge < -0.3 is 20.0 Å². The van der Waals surface area contributed by atoms with Gasteiger partial charge in [-0.3, -0.25) is 0 Å². The second-order valence-electron chi connectivity index (χ2n) is 4.56. The molecule has 4 nitrogen and oxygen atoms in total. The van der Waals surface area contributed by atoms with E-state index in [9.17, 15) is 10.2 Å². The molecule has 0 atom stereocenters. The van der Waals surface area contributed by atoms with Gasteiger partial charge in [0.25, 0.3) is 0 Å². The van der Waals surface area contributed by atoms with Gasteiger partial charge in [0.05, 0.1) is 0 Å². The van der Waals surface area contributed by atoms with E-state index < -0.39 is 0 Å². The number of hydrogen-bond donors (Lipinski definition) is 2. The predicted octanol–water partition coefficient (Wildman–Crippen LogP) is 1.22. The van der Waals surface area contributed by atoms with Crippen LogP contribution in [0.15, 0.2) is 12.1 Å². The Kier molecular flexibility index (Phi) is 4.15. The molecule has 1 aromatic carbocycles. The summed E-state index contributed by atoms with van der Waals surface area (Å²) in [5, 5.41) is 19.7. The highest BCUT2D eigenvalue weighted by atomic mass is 16.3. The summed E-state index contributed by atoms with van der Waals surface area (Å²) in [5.74, 6) is -0.0129. The van der Waals surface area contributed by atoms with E-state index in [0.29, 0.717) is 13.1 Å². The Hall–Kier alpha value is -1.26. The number of phenols is 2. The highest BCUT2D eigenvalue weighted by Crippen LogP contribution is 2.33. The lowest BCUT2D eigenvalue weighted by Crippen LogP contribution is -2.12. The minimum Gasteiger partial charge on any atom is -0.504 e. The highest BCUT2D eigenvalue weighted by molar-refractivity contribution is 5.49. The first kappa shape index (κ1) is 12.8. The monoisotopic (exact) mass is 224 g/mol. The molecule has 0 bridgehead atoms. The minimum atomic E-state index is -0.00644. The quantitative estimate of drug-likeness (QED) is 0.755. The molecule has 0 amide bonds. The summed E-state index contributed by atoms with van der Waals surface area (Å²) in [6.45, 7) is 1.23. The van der Waals surface area contributed by atoms with Crippen LogP contribution in [0, 0.1) is 0 Å². The van der Waals surface area contributed by atoms with E-state index in [1.54, 1.807) is 0 Å². The summed E-state index contributed by atoms with van der Waals surface area (Å²) in [4.78, 5) is 3.89. The van der Waals surface area contributed by atoms with Crippen LogP contribution in [0.1, 0.15) is 11.1 Å². The van der Waals surface area contributed by atoms with Crippen molar-refractivity contribution in [1.82, 2.24) is 9.80 Å². The molecule has 0 saturated carbocycles. The van der Waals surface area contributed by atoms with Crippen molar-refractivity contribution >= 4 is 0 Å². The molecule has 4 heteroatoms. The largest absolute Gasteiger partial charge is 0.504 e. The fourth-order valence-electron chi connectivity index (χ4n) is 1.60. The Morgan fingerprint density at radius 2 is 1.12 bits per heavy atom. The third-order valence-corrected chi connectivity index (χ3v) is 2.29. The van der Waals surface area contributed by atoms with E-state index in [1.165, 1.54) is 0 Å². The molecule has 1 rings (SSSR count). The van der Waals surface area contributed by atoms with Crippen LogP contribution in [0.25, 0.3) is 0 Å². The van der Waals surface area contributed by atoms with Crippen molar-refractivity contribution in [2.45, 2.75) is 13.1 Å². The SMILES string of the molecule is CN(C)Cc1ccc(CN(C)C)c(O)c1O. The molecule has 1 aromatic rings. The Morgan fingerprint density at radius 3 is 1.38 bits per heavy atom. The van der Waals surface area contributed by atoms with Gasteiger partial charge in [0.15, 0.2) is 11.5 Å². The molecule has 0 heterocycles. The number of nitrogens with zero attached hydrogens (tertiary/aromatic N) is 2. The van der Waals surface area contributed by atoms with Crippen LogP contribution < -0.4 is 0 Å². The third kappa shape index (κ3) is 3.12. The summed E-state index contributed by atoms with van der Waals surface area (Å²) < 4.78 is 0. The van der Waals surface area contributed by atoms with Gasteiger partial charge in [-0.2, -0.15) is 0 Å². The Bertz CT molecular complexity index is 327. The molecule has 0 spiro atoms. The number of phenolic OH excluding ortho intramolecular Hbond substituents is 2. The van der Waals surface area contributed by atoms with Crippen molar-refractivity contribution in [3.05, 3.63) is 23.3 Å². The van der Waals surface area contributed by atoms with Crippen molar-refractivity contribution in [3.8, 4) is 11.5 Å². The maximum Gasteiger partial charge on any atom is 0.162 e. The topological polar surface area (TPSA) is 46.9 Å². The zero-order chi connectivity index (χ0) is 12.3. The van der Waals surface area contributed by atoms with Crippen LogP contribution in [-0.4, -0.2) is 48.2 Å². The molecule has 0 aromatic heterocycles. The molecule has 0 fully saturated rings.